The lowest BCUT2D eigenvalue weighted by molar-refractivity contribution is -0.157. The maximum absolute atomic E-state index is 13.9. The molecule has 0 radical (unpaired) electrons. The molecule has 3 atom stereocenters. The summed E-state index contributed by atoms with van der Waals surface area (Å²) in [6.07, 6.45) is 4.79. The fourth-order valence-electron chi connectivity index (χ4n) is 6.69. The van der Waals surface area contributed by atoms with Gasteiger partial charge in [0.25, 0.3) is 0 Å². The lowest BCUT2D eigenvalue weighted by Gasteiger charge is -2.47. The topological polar surface area (TPSA) is 67.9 Å². The Labute approximate surface area is 229 Å². The van der Waals surface area contributed by atoms with Gasteiger partial charge in [0, 0.05) is 43.9 Å². The van der Waals surface area contributed by atoms with E-state index < -0.39 is 17.6 Å². The highest BCUT2D eigenvalue weighted by atomic mass is 19.2. The number of nitrogens with zero attached hydrogens (tertiary/aromatic N) is 1. The molecule has 8 heteroatoms. The molecule has 210 valence electrons. The molecule has 6 nitrogen and oxygen atoms in total. The number of hydrogen-bond acceptors (Lipinski definition) is 5. The summed E-state index contributed by atoms with van der Waals surface area (Å²) >= 11 is 0. The largest absolute Gasteiger partial charge is 0.496 e. The number of para-hydroxylation sites is 1. The van der Waals surface area contributed by atoms with Gasteiger partial charge in [-0.15, -0.1) is 0 Å². The molecule has 5 rings (SSSR count). The van der Waals surface area contributed by atoms with Crippen LogP contribution in [0.4, 0.5) is 8.78 Å². The molecule has 1 saturated carbocycles. The summed E-state index contributed by atoms with van der Waals surface area (Å²) in [5.41, 5.74) is 1.86. The van der Waals surface area contributed by atoms with Crippen molar-refractivity contribution >= 4 is 11.9 Å². The van der Waals surface area contributed by atoms with Crippen LogP contribution in [0.25, 0.3) is 0 Å². The lowest BCUT2D eigenvalue weighted by Crippen LogP contribution is -2.56. The molecular weight excluding hydrogens is 502 g/mol. The van der Waals surface area contributed by atoms with Crippen LogP contribution in [0.2, 0.25) is 0 Å². The molecular formula is C31H38F2N2O4. The zero-order valence-electron chi connectivity index (χ0n) is 22.7. The Balaban J connectivity index is 1.08. The van der Waals surface area contributed by atoms with Gasteiger partial charge in [-0.05, 0) is 66.8 Å². The highest BCUT2D eigenvalue weighted by molar-refractivity contribution is 5.79. The zero-order chi connectivity index (χ0) is 27.5. The first-order valence-electron chi connectivity index (χ1n) is 14.1. The number of carbonyl (C=O) groups is 2. The Morgan fingerprint density at radius 2 is 1.82 bits per heavy atom. The summed E-state index contributed by atoms with van der Waals surface area (Å²) < 4.78 is 38.2. The fourth-order valence-corrected chi connectivity index (χ4v) is 6.69. The van der Waals surface area contributed by atoms with Gasteiger partial charge >= 0.3 is 5.97 Å². The molecule has 3 aliphatic rings. The minimum Gasteiger partial charge on any atom is -0.496 e. The number of esters is 1. The van der Waals surface area contributed by atoms with Crippen LogP contribution >= 0.6 is 0 Å². The van der Waals surface area contributed by atoms with E-state index in [1.807, 2.05) is 12.1 Å². The van der Waals surface area contributed by atoms with E-state index >= 15 is 0 Å². The average Bonchev–Trinajstić information content (AvgIpc) is 2.92. The van der Waals surface area contributed by atoms with Gasteiger partial charge in [-0.1, -0.05) is 31.2 Å². The van der Waals surface area contributed by atoms with Crippen LogP contribution in [-0.2, 0) is 14.3 Å². The van der Waals surface area contributed by atoms with Crippen LogP contribution in [0.5, 0.6) is 5.75 Å². The van der Waals surface area contributed by atoms with Crippen LogP contribution in [-0.4, -0.2) is 56.2 Å². The quantitative estimate of drug-likeness (QED) is 0.476. The minimum absolute atomic E-state index is 0.0586. The third-order valence-corrected chi connectivity index (χ3v) is 9.09. The molecule has 1 amide bonds. The van der Waals surface area contributed by atoms with Crippen molar-refractivity contribution in [2.75, 3.05) is 33.4 Å². The fraction of sp³-hybridized carbons (Fsp3) is 0.548. The molecule has 2 heterocycles. The molecule has 0 bridgehead atoms. The molecule has 0 spiro atoms. The molecule has 2 aromatic carbocycles. The number of hydrogen-bond donors (Lipinski definition) is 1. The maximum atomic E-state index is 13.9. The van der Waals surface area contributed by atoms with E-state index in [0.717, 1.165) is 43.8 Å². The molecule has 3 fully saturated rings. The minimum atomic E-state index is -0.942. The number of nitrogens with one attached hydrogen (secondary N) is 1. The van der Waals surface area contributed by atoms with E-state index in [1.165, 1.54) is 24.5 Å². The Morgan fingerprint density at radius 3 is 2.54 bits per heavy atom. The normalized spacial score (nSPS) is 27.9. The number of halogens is 2. The SMILES string of the molecule is COc1ccccc1C1CCC(N2CC(CNC(=O)CC3C(C)C(=O)OC[C@@H]3c3ccc(F)c(F)c3)C2)CC1. The number of ether oxygens (including phenoxy) is 2. The zero-order valence-corrected chi connectivity index (χ0v) is 22.7. The van der Waals surface area contributed by atoms with Crippen molar-refractivity contribution in [1.29, 1.82) is 0 Å². The first-order valence-corrected chi connectivity index (χ1v) is 14.1. The van der Waals surface area contributed by atoms with Gasteiger partial charge in [0.05, 0.1) is 19.6 Å². The Kier molecular flexibility index (Phi) is 8.50. The third-order valence-electron chi connectivity index (χ3n) is 9.09. The van der Waals surface area contributed by atoms with Crippen LogP contribution in [0.1, 0.15) is 62.0 Å². The molecule has 2 aliphatic heterocycles. The Bertz CT molecular complexity index is 1180. The second kappa shape index (κ2) is 12.0. The van der Waals surface area contributed by atoms with Crippen molar-refractivity contribution in [2.45, 2.75) is 56.9 Å². The van der Waals surface area contributed by atoms with Crippen LogP contribution in [0.3, 0.4) is 0 Å². The Hall–Kier alpha value is -3.00. The first kappa shape index (κ1) is 27.6. The van der Waals surface area contributed by atoms with Gasteiger partial charge in [0.2, 0.25) is 5.91 Å². The van der Waals surface area contributed by atoms with Crippen molar-refractivity contribution in [3.8, 4) is 5.75 Å². The lowest BCUT2D eigenvalue weighted by atomic mass is 9.75. The molecule has 1 N–H and O–H groups in total. The molecule has 2 unspecified atom stereocenters. The first-order chi connectivity index (χ1) is 18.8. The number of likely N-dealkylation sites (tertiary alicyclic amines) is 1. The van der Waals surface area contributed by atoms with Crippen molar-refractivity contribution in [3.63, 3.8) is 0 Å². The van der Waals surface area contributed by atoms with E-state index in [-0.39, 0.29) is 36.7 Å². The van der Waals surface area contributed by atoms with Crippen LogP contribution < -0.4 is 10.1 Å². The molecule has 2 aromatic rings. The Morgan fingerprint density at radius 1 is 1.08 bits per heavy atom. The summed E-state index contributed by atoms with van der Waals surface area (Å²) in [5, 5.41) is 3.06. The van der Waals surface area contributed by atoms with Crippen LogP contribution in [0, 0.1) is 29.4 Å². The van der Waals surface area contributed by atoms with Crippen molar-refractivity contribution < 1.29 is 27.8 Å². The highest BCUT2D eigenvalue weighted by Gasteiger charge is 2.40. The number of benzene rings is 2. The molecule has 0 aromatic heterocycles. The summed E-state index contributed by atoms with van der Waals surface area (Å²) in [7, 11) is 1.73. The van der Waals surface area contributed by atoms with E-state index in [0.29, 0.717) is 30.0 Å². The third kappa shape index (κ3) is 6.11. The molecule has 39 heavy (non-hydrogen) atoms. The van der Waals surface area contributed by atoms with E-state index in [9.17, 15) is 18.4 Å². The van der Waals surface area contributed by atoms with Gasteiger partial charge in [0.1, 0.15) is 5.75 Å². The van der Waals surface area contributed by atoms with E-state index in [2.05, 4.69) is 22.3 Å². The van der Waals surface area contributed by atoms with Gasteiger partial charge in [-0.3, -0.25) is 14.5 Å². The van der Waals surface area contributed by atoms with Gasteiger partial charge in [-0.25, -0.2) is 8.78 Å². The standard InChI is InChI=1S/C31H38F2N2O4/c1-19-25(26(18-39-31(19)37)22-9-12-27(32)28(33)13-22)14-30(36)34-15-20-16-35(17-20)23-10-7-21(8-11-23)24-5-3-4-6-29(24)38-2/h3-6,9,12-13,19-21,23,25-26H,7-8,10-11,14-18H2,1-2H3,(H,34,36)/t19?,21?,23?,25?,26-/m1/s1. The van der Waals surface area contributed by atoms with Gasteiger partial charge in [0.15, 0.2) is 11.6 Å². The second-order valence-electron chi connectivity index (χ2n) is 11.4. The van der Waals surface area contributed by atoms with Crippen molar-refractivity contribution in [3.05, 3.63) is 65.2 Å². The smallest absolute Gasteiger partial charge is 0.308 e. The van der Waals surface area contributed by atoms with Crippen molar-refractivity contribution in [2.24, 2.45) is 17.8 Å². The summed E-state index contributed by atoms with van der Waals surface area (Å²) in [6, 6.07) is 12.6. The summed E-state index contributed by atoms with van der Waals surface area (Å²) in [6.45, 7) is 4.36. The predicted octanol–water partition coefficient (Wildman–Crippen LogP) is 5.03. The summed E-state index contributed by atoms with van der Waals surface area (Å²) in [4.78, 5) is 27.7. The van der Waals surface area contributed by atoms with E-state index in [1.54, 1.807) is 14.0 Å². The second-order valence-corrected chi connectivity index (χ2v) is 11.4. The van der Waals surface area contributed by atoms with E-state index in [4.69, 9.17) is 9.47 Å². The maximum Gasteiger partial charge on any atom is 0.308 e. The average molecular weight is 541 g/mol. The number of amides is 1. The number of rotatable bonds is 8. The predicted molar refractivity (Wildman–Crippen MR) is 143 cm³/mol. The monoisotopic (exact) mass is 540 g/mol. The number of carbonyl (C=O) groups excluding carboxylic acids is 2. The summed E-state index contributed by atoms with van der Waals surface area (Å²) in [5.74, 6) is -1.61. The van der Waals surface area contributed by atoms with Crippen LogP contribution in [0.15, 0.2) is 42.5 Å². The molecule has 1 aliphatic carbocycles. The molecule has 2 saturated heterocycles. The highest BCUT2D eigenvalue weighted by Crippen LogP contribution is 2.40. The van der Waals surface area contributed by atoms with Gasteiger partial charge in [-0.2, -0.15) is 0 Å². The van der Waals surface area contributed by atoms with Gasteiger partial charge < -0.3 is 14.8 Å². The number of cyclic esters (lactones) is 1. The number of methoxy groups -OCH3 is 1. The van der Waals surface area contributed by atoms with Crippen molar-refractivity contribution in [1.82, 2.24) is 10.2 Å².